The van der Waals surface area contributed by atoms with Gasteiger partial charge in [0.1, 0.15) is 5.76 Å². The number of amides is 1. The van der Waals surface area contributed by atoms with Crippen LogP contribution in [0.1, 0.15) is 17.0 Å². The Balaban J connectivity index is 1.62. The van der Waals surface area contributed by atoms with Crippen molar-refractivity contribution in [1.29, 1.82) is 0 Å². The van der Waals surface area contributed by atoms with Gasteiger partial charge in [0.2, 0.25) is 11.8 Å². The molecule has 1 aromatic carbocycles. The molecule has 0 aliphatic carbocycles. The summed E-state index contributed by atoms with van der Waals surface area (Å²) in [6.45, 7) is 2.25. The van der Waals surface area contributed by atoms with Crippen LogP contribution in [0, 0.1) is 6.92 Å². The topological polar surface area (TPSA) is 68.0 Å². The first-order valence-electron chi connectivity index (χ1n) is 7.49. The first kappa shape index (κ1) is 16.2. The monoisotopic (exact) mass is 341 g/mol. The van der Waals surface area contributed by atoms with E-state index in [0.29, 0.717) is 28.9 Å². The van der Waals surface area contributed by atoms with Crippen LogP contribution in [0.4, 0.5) is 0 Å². The average molecular weight is 342 g/mol. The van der Waals surface area contributed by atoms with E-state index in [1.807, 2.05) is 24.3 Å². The van der Waals surface area contributed by atoms with Crippen LogP contribution < -0.4 is 5.32 Å². The number of nitrogens with zero attached hydrogens (tertiary/aromatic N) is 2. The molecule has 0 bridgehead atoms. The van der Waals surface area contributed by atoms with Gasteiger partial charge in [-0.1, -0.05) is 23.7 Å². The van der Waals surface area contributed by atoms with E-state index in [0.717, 1.165) is 11.1 Å². The quantitative estimate of drug-likeness (QED) is 0.770. The van der Waals surface area contributed by atoms with Crippen LogP contribution >= 0.6 is 11.6 Å². The van der Waals surface area contributed by atoms with Gasteiger partial charge in [0.05, 0.1) is 17.7 Å². The molecular weight excluding hydrogens is 326 g/mol. The van der Waals surface area contributed by atoms with E-state index in [2.05, 4.69) is 15.3 Å². The van der Waals surface area contributed by atoms with E-state index >= 15 is 0 Å². The standard InChI is InChI=1S/C18H16ClN3O2/c1-12-16(22-18(24-12)14-3-2-8-20-11-14)9-17(23)21-10-13-4-6-15(19)7-5-13/h2-8,11H,9-10H2,1H3,(H,21,23). The summed E-state index contributed by atoms with van der Waals surface area (Å²) in [4.78, 5) is 20.6. The van der Waals surface area contributed by atoms with Crippen molar-refractivity contribution in [1.82, 2.24) is 15.3 Å². The normalized spacial score (nSPS) is 10.6. The minimum absolute atomic E-state index is 0.112. The Labute approximate surface area is 144 Å². The van der Waals surface area contributed by atoms with E-state index in [-0.39, 0.29) is 12.3 Å². The maximum Gasteiger partial charge on any atom is 0.228 e. The number of carbonyl (C=O) groups excluding carboxylic acids is 1. The molecule has 0 saturated carbocycles. The van der Waals surface area contributed by atoms with Gasteiger partial charge in [0, 0.05) is 24.0 Å². The third kappa shape index (κ3) is 4.00. The second-order valence-electron chi connectivity index (χ2n) is 5.34. The Bertz CT molecular complexity index is 829. The molecule has 1 amide bonds. The third-order valence-electron chi connectivity index (χ3n) is 3.53. The largest absolute Gasteiger partial charge is 0.441 e. The molecule has 24 heavy (non-hydrogen) atoms. The maximum absolute atomic E-state index is 12.1. The molecule has 0 atom stereocenters. The Morgan fingerprint density at radius 1 is 1.25 bits per heavy atom. The van der Waals surface area contributed by atoms with E-state index in [1.54, 1.807) is 31.5 Å². The lowest BCUT2D eigenvalue weighted by molar-refractivity contribution is -0.120. The maximum atomic E-state index is 12.1. The minimum Gasteiger partial charge on any atom is -0.441 e. The Morgan fingerprint density at radius 3 is 2.75 bits per heavy atom. The molecule has 0 saturated heterocycles. The smallest absolute Gasteiger partial charge is 0.228 e. The highest BCUT2D eigenvalue weighted by molar-refractivity contribution is 6.30. The van der Waals surface area contributed by atoms with E-state index in [9.17, 15) is 4.79 Å². The third-order valence-corrected chi connectivity index (χ3v) is 3.78. The molecular formula is C18H16ClN3O2. The van der Waals surface area contributed by atoms with Gasteiger partial charge in [-0.05, 0) is 36.8 Å². The molecule has 2 heterocycles. The fourth-order valence-corrected chi connectivity index (χ4v) is 2.35. The van der Waals surface area contributed by atoms with E-state index in [4.69, 9.17) is 16.0 Å². The molecule has 3 rings (SSSR count). The molecule has 0 unspecified atom stereocenters. The number of hydrogen-bond donors (Lipinski definition) is 1. The highest BCUT2D eigenvalue weighted by atomic mass is 35.5. The molecule has 1 N–H and O–H groups in total. The Morgan fingerprint density at radius 2 is 2.04 bits per heavy atom. The fourth-order valence-electron chi connectivity index (χ4n) is 2.22. The number of benzene rings is 1. The Kier molecular flexibility index (Phi) is 4.91. The number of rotatable bonds is 5. The van der Waals surface area contributed by atoms with Gasteiger partial charge in [0.25, 0.3) is 0 Å². The molecule has 2 aromatic heterocycles. The molecule has 6 heteroatoms. The predicted octanol–water partition coefficient (Wildman–Crippen LogP) is 3.56. The van der Waals surface area contributed by atoms with Gasteiger partial charge in [-0.25, -0.2) is 4.98 Å². The number of oxazole rings is 1. The lowest BCUT2D eigenvalue weighted by Gasteiger charge is -2.04. The van der Waals surface area contributed by atoms with Crippen LogP contribution in [0.5, 0.6) is 0 Å². The summed E-state index contributed by atoms with van der Waals surface area (Å²) in [5, 5.41) is 3.54. The van der Waals surface area contributed by atoms with Crippen molar-refractivity contribution in [3.05, 3.63) is 70.8 Å². The van der Waals surface area contributed by atoms with Crippen molar-refractivity contribution in [2.75, 3.05) is 0 Å². The van der Waals surface area contributed by atoms with E-state index < -0.39 is 0 Å². The number of pyridine rings is 1. The van der Waals surface area contributed by atoms with Crippen LogP contribution in [-0.4, -0.2) is 15.9 Å². The van der Waals surface area contributed by atoms with Crippen molar-refractivity contribution >= 4 is 17.5 Å². The molecule has 122 valence electrons. The van der Waals surface area contributed by atoms with Gasteiger partial charge in [0.15, 0.2) is 0 Å². The molecule has 0 radical (unpaired) electrons. The number of aryl methyl sites for hydroxylation is 1. The van der Waals surface area contributed by atoms with Crippen molar-refractivity contribution in [3.63, 3.8) is 0 Å². The lowest BCUT2D eigenvalue weighted by Crippen LogP contribution is -2.24. The van der Waals surface area contributed by atoms with Gasteiger partial charge in [-0.3, -0.25) is 9.78 Å². The lowest BCUT2D eigenvalue weighted by atomic mass is 10.2. The van der Waals surface area contributed by atoms with Gasteiger partial charge in [-0.2, -0.15) is 0 Å². The highest BCUT2D eigenvalue weighted by Crippen LogP contribution is 2.21. The second kappa shape index (κ2) is 7.27. The van der Waals surface area contributed by atoms with Gasteiger partial charge >= 0.3 is 0 Å². The Hall–Kier alpha value is -2.66. The molecule has 5 nitrogen and oxygen atoms in total. The molecule has 3 aromatic rings. The zero-order chi connectivity index (χ0) is 16.9. The fraction of sp³-hybridized carbons (Fsp3) is 0.167. The SMILES string of the molecule is Cc1oc(-c2cccnc2)nc1CC(=O)NCc1ccc(Cl)cc1. The summed E-state index contributed by atoms with van der Waals surface area (Å²) in [5.74, 6) is 0.996. The molecule has 0 aliphatic heterocycles. The summed E-state index contributed by atoms with van der Waals surface area (Å²) in [7, 11) is 0. The highest BCUT2D eigenvalue weighted by Gasteiger charge is 2.14. The van der Waals surface area contributed by atoms with Crippen molar-refractivity contribution in [3.8, 4) is 11.5 Å². The number of carbonyl (C=O) groups is 1. The summed E-state index contributed by atoms with van der Waals surface area (Å²) in [6, 6.07) is 11.0. The number of hydrogen-bond acceptors (Lipinski definition) is 4. The number of aromatic nitrogens is 2. The summed E-state index contributed by atoms with van der Waals surface area (Å²) < 4.78 is 5.63. The van der Waals surface area contributed by atoms with Crippen LogP contribution in [0.25, 0.3) is 11.5 Å². The zero-order valence-electron chi connectivity index (χ0n) is 13.1. The average Bonchev–Trinajstić information content (AvgIpc) is 2.96. The first-order valence-corrected chi connectivity index (χ1v) is 7.87. The number of nitrogens with one attached hydrogen (secondary N) is 1. The van der Waals surface area contributed by atoms with Crippen LogP contribution in [-0.2, 0) is 17.8 Å². The van der Waals surface area contributed by atoms with Gasteiger partial charge < -0.3 is 9.73 Å². The van der Waals surface area contributed by atoms with Crippen LogP contribution in [0.3, 0.4) is 0 Å². The molecule has 0 spiro atoms. The summed E-state index contributed by atoms with van der Waals surface area (Å²) in [6.07, 6.45) is 3.53. The van der Waals surface area contributed by atoms with Crippen molar-refractivity contribution < 1.29 is 9.21 Å². The van der Waals surface area contributed by atoms with Crippen LogP contribution in [0.2, 0.25) is 5.02 Å². The predicted molar refractivity (Wildman–Crippen MR) is 91.5 cm³/mol. The van der Waals surface area contributed by atoms with Gasteiger partial charge in [-0.15, -0.1) is 0 Å². The molecule has 0 fully saturated rings. The first-order chi connectivity index (χ1) is 11.6. The molecule has 0 aliphatic rings. The summed E-state index contributed by atoms with van der Waals surface area (Å²) >= 11 is 5.84. The summed E-state index contributed by atoms with van der Waals surface area (Å²) in [5.41, 5.74) is 2.40. The van der Waals surface area contributed by atoms with Crippen molar-refractivity contribution in [2.45, 2.75) is 19.9 Å². The zero-order valence-corrected chi connectivity index (χ0v) is 13.9. The van der Waals surface area contributed by atoms with Crippen LogP contribution in [0.15, 0.2) is 53.2 Å². The number of halogens is 1. The second-order valence-corrected chi connectivity index (χ2v) is 5.78. The van der Waals surface area contributed by atoms with E-state index in [1.165, 1.54) is 0 Å². The minimum atomic E-state index is -0.112. The van der Waals surface area contributed by atoms with Crippen molar-refractivity contribution in [2.24, 2.45) is 0 Å².